The van der Waals surface area contributed by atoms with Crippen LogP contribution in [-0.2, 0) is 4.79 Å². The second kappa shape index (κ2) is 11.8. The van der Waals surface area contributed by atoms with Crippen molar-refractivity contribution in [3.05, 3.63) is 89.5 Å². The first-order chi connectivity index (χ1) is 17.4. The van der Waals surface area contributed by atoms with Gasteiger partial charge in [-0.15, -0.1) is 0 Å². The van der Waals surface area contributed by atoms with Crippen LogP contribution in [0, 0.1) is 6.92 Å². The largest absolute Gasteiger partial charge is 0.484 e. The summed E-state index contributed by atoms with van der Waals surface area (Å²) in [5.41, 5.74) is 4.86. The standard InChI is InChI=1S/C30H35N3O3/c1-4-22(2)24-9-15-27(16-10-24)36-21-29(34)31-25-11-13-26(14-12-25)32-17-19-33(20-18-32)30(35)28-8-6-5-7-23(28)3/h5-16,22H,4,17-21H2,1-3H3,(H,31,34). The molecule has 0 saturated carbocycles. The molecule has 0 radical (unpaired) electrons. The van der Waals surface area contributed by atoms with Gasteiger partial charge in [-0.3, -0.25) is 9.59 Å². The third-order valence-electron chi connectivity index (χ3n) is 6.89. The Balaban J connectivity index is 1.24. The molecule has 1 heterocycles. The summed E-state index contributed by atoms with van der Waals surface area (Å²) in [6.45, 7) is 9.20. The smallest absolute Gasteiger partial charge is 0.262 e. The zero-order chi connectivity index (χ0) is 25.5. The fraction of sp³-hybridized carbons (Fsp3) is 0.333. The van der Waals surface area contributed by atoms with Crippen molar-refractivity contribution in [1.29, 1.82) is 0 Å². The molecular weight excluding hydrogens is 450 g/mol. The van der Waals surface area contributed by atoms with Crippen LogP contribution in [0.1, 0.15) is 47.7 Å². The SMILES string of the molecule is CCC(C)c1ccc(OCC(=O)Nc2ccc(N3CCN(C(=O)c4ccccc4C)CC3)cc2)cc1. The topological polar surface area (TPSA) is 61.9 Å². The van der Waals surface area contributed by atoms with Crippen LogP contribution >= 0.6 is 0 Å². The minimum atomic E-state index is -0.197. The number of carbonyl (C=O) groups is 2. The minimum Gasteiger partial charge on any atom is -0.484 e. The van der Waals surface area contributed by atoms with Gasteiger partial charge in [-0.2, -0.15) is 0 Å². The second-order valence-corrected chi connectivity index (χ2v) is 9.36. The van der Waals surface area contributed by atoms with E-state index in [1.165, 1.54) is 5.56 Å². The number of carbonyl (C=O) groups excluding carboxylic acids is 2. The van der Waals surface area contributed by atoms with E-state index in [0.717, 1.165) is 42.0 Å². The summed E-state index contributed by atoms with van der Waals surface area (Å²) in [5.74, 6) is 1.10. The maximum Gasteiger partial charge on any atom is 0.262 e. The molecular formula is C30H35N3O3. The first-order valence-corrected chi connectivity index (χ1v) is 12.7. The molecule has 1 aliphatic rings. The van der Waals surface area contributed by atoms with Gasteiger partial charge in [0.2, 0.25) is 0 Å². The fourth-order valence-corrected chi connectivity index (χ4v) is 4.38. The van der Waals surface area contributed by atoms with Crippen molar-refractivity contribution in [2.24, 2.45) is 0 Å². The van der Waals surface area contributed by atoms with Crippen LogP contribution in [0.4, 0.5) is 11.4 Å². The van der Waals surface area contributed by atoms with Gasteiger partial charge in [-0.1, -0.05) is 44.2 Å². The van der Waals surface area contributed by atoms with Crippen LogP contribution in [0.15, 0.2) is 72.8 Å². The first kappa shape index (κ1) is 25.3. The Morgan fingerprint density at radius 3 is 2.22 bits per heavy atom. The number of nitrogens with one attached hydrogen (secondary N) is 1. The number of rotatable bonds is 8. The number of hydrogen-bond donors (Lipinski definition) is 1. The summed E-state index contributed by atoms with van der Waals surface area (Å²) in [4.78, 5) is 29.4. The highest BCUT2D eigenvalue weighted by atomic mass is 16.5. The minimum absolute atomic E-state index is 0.0404. The van der Waals surface area contributed by atoms with Gasteiger partial charge in [0, 0.05) is 43.1 Å². The van der Waals surface area contributed by atoms with Crippen molar-refractivity contribution in [2.45, 2.75) is 33.1 Å². The molecule has 1 atom stereocenters. The third-order valence-corrected chi connectivity index (χ3v) is 6.89. The summed E-state index contributed by atoms with van der Waals surface area (Å²) in [6, 6.07) is 23.5. The molecule has 3 aromatic rings. The van der Waals surface area contributed by atoms with Crippen molar-refractivity contribution in [3.8, 4) is 5.75 Å². The number of benzene rings is 3. The zero-order valence-corrected chi connectivity index (χ0v) is 21.4. The molecule has 0 aromatic heterocycles. The maximum atomic E-state index is 12.9. The second-order valence-electron chi connectivity index (χ2n) is 9.36. The molecule has 3 aromatic carbocycles. The lowest BCUT2D eigenvalue weighted by Gasteiger charge is -2.36. The van der Waals surface area contributed by atoms with Gasteiger partial charge in [0.25, 0.3) is 11.8 Å². The van der Waals surface area contributed by atoms with Crippen molar-refractivity contribution in [1.82, 2.24) is 4.90 Å². The molecule has 6 nitrogen and oxygen atoms in total. The molecule has 188 valence electrons. The maximum absolute atomic E-state index is 12.9. The molecule has 1 aliphatic heterocycles. The quantitative estimate of drug-likeness (QED) is 0.458. The van der Waals surface area contributed by atoms with Crippen LogP contribution in [0.5, 0.6) is 5.75 Å². The first-order valence-electron chi connectivity index (χ1n) is 12.7. The highest BCUT2D eigenvalue weighted by Crippen LogP contribution is 2.23. The molecule has 2 amide bonds. The number of hydrogen-bond acceptors (Lipinski definition) is 4. The van der Waals surface area contributed by atoms with Gasteiger partial charge in [-0.25, -0.2) is 0 Å². The Hall–Kier alpha value is -3.80. The summed E-state index contributed by atoms with van der Waals surface area (Å²) in [6.07, 6.45) is 1.09. The Labute approximate surface area is 213 Å². The van der Waals surface area contributed by atoms with E-state index in [-0.39, 0.29) is 18.4 Å². The van der Waals surface area contributed by atoms with E-state index >= 15 is 0 Å². The van der Waals surface area contributed by atoms with Crippen molar-refractivity contribution in [2.75, 3.05) is 43.0 Å². The molecule has 0 aliphatic carbocycles. The van der Waals surface area contributed by atoms with Gasteiger partial charge >= 0.3 is 0 Å². The molecule has 0 bridgehead atoms. The van der Waals surface area contributed by atoms with Crippen LogP contribution in [-0.4, -0.2) is 49.5 Å². The predicted octanol–water partition coefficient (Wildman–Crippen LogP) is 5.49. The number of aryl methyl sites for hydroxylation is 1. The monoisotopic (exact) mass is 485 g/mol. The summed E-state index contributed by atoms with van der Waals surface area (Å²) < 4.78 is 5.64. The van der Waals surface area contributed by atoms with Crippen molar-refractivity contribution < 1.29 is 14.3 Å². The lowest BCUT2D eigenvalue weighted by molar-refractivity contribution is -0.118. The molecule has 1 N–H and O–H groups in total. The summed E-state index contributed by atoms with van der Waals surface area (Å²) >= 11 is 0. The highest BCUT2D eigenvalue weighted by molar-refractivity contribution is 5.95. The van der Waals surface area contributed by atoms with E-state index in [1.54, 1.807) is 0 Å². The van der Waals surface area contributed by atoms with Crippen LogP contribution < -0.4 is 15.0 Å². The molecule has 1 unspecified atom stereocenters. The van der Waals surface area contributed by atoms with E-state index in [4.69, 9.17) is 4.74 Å². The third kappa shape index (κ3) is 6.25. The van der Waals surface area contributed by atoms with Crippen molar-refractivity contribution >= 4 is 23.2 Å². The molecule has 1 fully saturated rings. The van der Waals surface area contributed by atoms with E-state index in [0.29, 0.717) is 24.8 Å². The van der Waals surface area contributed by atoms with Gasteiger partial charge in [0.05, 0.1) is 0 Å². The van der Waals surface area contributed by atoms with E-state index < -0.39 is 0 Å². The number of amides is 2. The summed E-state index contributed by atoms with van der Waals surface area (Å²) in [7, 11) is 0. The fourth-order valence-electron chi connectivity index (χ4n) is 4.38. The van der Waals surface area contributed by atoms with Crippen LogP contribution in [0.3, 0.4) is 0 Å². The molecule has 0 spiro atoms. The lowest BCUT2D eigenvalue weighted by Crippen LogP contribution is -2.48. The Morgan fingerprint density at radius 1 is 0.917 bits per heavy atom. The average Bonchev–Trinajstić information content (AvgIpc) is 2.92. The van der Waals surface area contributed by atoms with E-state index in [9.17, 15) is 9.59 Å². The molecule has 6 heteroatoms. The number of anilines is 2. The van der Waals surface area contributed by atoms with Crippen LogP contribution in [0.25, 0.3) is 0 Å². The number of piperazine rings is 1. The summed E-state index contributed by atoms with van der Waals surface area (Å²) in [5, 5.41) is 2.89. The predicted molar refractivity (Wildman–Crippen MR) is 145 cm³/mol. The number of ether oxygens (including phenoxy) is 1. The average molecular weight is 486 g/mol. The molecule has 4 rings (SSSR count). The molecule has 36 heavy (non-hydrogen) atoms. The van der Waals surface area contributed by atoms with Crippen LogP contribution in [0.2, 0.25) is 0 Å². The highest BCUT2D eigenvalue weighted by Gasteiger charge is 2.23. The zero-order valence-electron chi connectivity index (χ0n) is 21.4. The molecule has 1 saturated heterocycles. The number of nitrogens with zero attached hydrogens (tertiary/aromatic N) is 2. The lowest BCUT2D eigenvalue weighted by atomic mass is 9.99. The Morgan fingerprint density at radius 2 is 1.58 bits per heavy atom. The van der Waals surface area contributed by atoms with Crippen molar-refractivity contribution in [3.63, 3.8) is 0 Å². The van der Waals surface area contributed by atoms with Gasteiger partial charge < -0.3 is 19.9 Å². The van der Waals surface area contributed by atoms with Gasteiger partial charge in [0.1, 0.15) is 5.75 Å². The van der Waals surface area contributed by atoms with Gasteiger partial charge in [0.15, 0.2) is 6.61 Å². The van der Waals surface area contributed by atoms with E-state index in [1.807, 2.05) is 72.5 Å². The Kier molecular flexibility index (Phi) is 8.26. The Bertz CT molecular complexity index is 1170. The van der Waals surface area contributed by atoms with E-state index in [2.05, 4.69) is 36.2 Å². The normalized spacial score (nSPS) is 14.3. The van der Waals surface area contributed by atoms with Gasteiger partial charge in [-0.05, 0) is 72.9 Å².